The molecule has 0 radical (unpaired) electrons. The molecule has 3 atom stereocenters. The number of alkyl halides is 1. The minimum atomic E-state index is 0.716. The zero-order valence-electron chi connectivity index (χ0n) is 8.83. The lowest BCUT2D eigenvalue weighted by Crippen LogP contribution is -2.08. The molecule has 0 spiro atoms. The summed E-state index contributed by atoms with van der Waals surface area (Å²) in [7, 11) is 0. The molecule has 1 aromatic carbocycles. The first-order valence-corrected chi connectivity index (χ1v) is 6.30. The van der Waals surface area contributed by atoms with Crippen molar-refractivity contribution in [3.8, 4) is 0 Å². The minimum Gasteiger partial charge on any atom is -0.0888 e. The second-order valence-corrected chi connectivity index (χ2v) is 5.65. The topological polar surface area (TPSA) is 0 Å². The van der Waals surface area contributed by atoms with Crippen molar-refractivity contribution in [1.29, 1.82) is 0 Å². The van der Waals surface area contributed by atoms with E-state index in [0.717, 1.165) is 11.8 Å². The lowest BCUT2D eigenvalue weighted by Gasteiger charge is -2.17. The zero-order chi connectivity index (χ0) is 10.1. The van der Waals surface area contributed by atoms with Crippen LogP contribution in [0.3, 0.4) is 0 Å². The van der Waals surface area contributed by atoms with E-state index in [4.69, 9.17) is 0 Å². The van der Waals surface area contributed by atoms with Crippen molar-refractivity contribution in [3.63, 3.8) is 0 Å². The lowest BCUT2D eigenvalue weighted by atomic mass is 9.90. The van der Waals surface area contributed by atoms with Gasteiger partial charge in [-0.2, -0.15) is 0 Å². The van der Waals surface area contributed by atoms with Gasteiger partial charge in [-0.15, -0.1) is 0 Å². The predicted octanol–water partition coefficient (Wildman–Crippen LogP) is 4.27. The Bertz CT molecular complexity index is 302. The predicted molar refractivity (Wildman–Crippen MR) is 65.0 cm³/mol. The van der Waals surface area contributed by atoms with Crippen LogP contribution < -0.4 is 0 Å². The molecule has 1 fully saturated rings. The third-order valence-corrected chi connectivity index (χ3v) is 4.76. The molecule has 1 heteroatoms. The standard InChI is InChI=1S/C13H17Br/c1-9-3-5-11(6-4-9)12-7-8-13(14)10(12)2/h3-6,10,12-13H,7-8H2,1-2H3. The van der Waals surface area contributed by atoms with Crippen molar-refractivity contribution in [3.05, 3.63) is 35.4 Å². The number of aryl methyl sites for hydroxylation is 1. The normalized spacial score (nSPS) is 32.1. The molecule has 1 aromatic rings. The van der Waals surface area contributed by atoms with Crippen molar-refractivity contribution in [2.24, 2.45) is 5.92 Å². The molecular formula is C13H17Br. The average Bonchev–Trinajstić information content (AvgIpc) is 2.50. The van der Waals surface area contributed by atoms with Crippen molar-refractivity contribution in [2.75, 3.05) is 0 Å². The quantitative estimate of drug-likeness (QED) is 0.655. The molecule has 0 saturated heterocycles. The van der Waals surface area contributed by atoms with Gasteiger partial charge in [0, 0.05) is 4.83 Å². The summed E-state index contributed by atoms with van der Waals surface area (Å²) in [6.45, 7) is 4.51. The van der Waals surface area contributed by atoms with Crippen LogP contribution in [0.15, 0.2) is 24.3 Å². The van der Waals surface area contributed by atoms with Crippen LogP contribution in [0.4, 0.5) is 0 Å². The first-order valence-electron chi connectivity index (χ1n) is 5.39. The molecule has 2 rings (SSSR count). The van der Waals surface area contributed by atoms with Crippen LogP contribution in [0.1, 0.15) is 36.8 Å². The van der Waals surface area contributed by atoms with E-state index in [-0.39, 0.29) is 0 Å². The molecule has 0 nitrogen and oxygen atoms in total. The van der Waals surface area contributed by atoms with Gasteiger partial charge in [0.2, 0.25) is 0 Å². The van der Waals surface area contributed by atoms with Gasteiger partial charge in [-0.1, -0.05) is 52.7 Å². The van der Waals surface area contributed by atoms with Crippen LogP contribution in [0.2, 0.25) is 0 Å². The molecule has 1 saturated carbocycles. The highest BCUT2D eigenvalue weighted by Gasteiger charge is 2.31. The Balaban J connectivity index is 2.19. The highest BCUT2D eigenvalue weighted by molar-refractivity contribution is 9.09. The summed E-state index contributed by atoms with van der Waals surface area (Å²) in [5.41, 5.74) is 2.87. The van der Waals surface area contributed by atoms with Crippen molar-refractivity contribution >= 4 is 15.9 Å². The second-order valence-electron chi connectivity index (χ2n) is 4.47. The number of halogens is 1. The molecule has 14 heavy (non-hydrogen) atoms. The van der Waals surface area contributed by atoms with Gasteiger partial charge in [0.1, 0.15) is 0 Å². The molecule has 0 amide bonds. The summed E-state index contributed by atoms with van der Waals surface area (Å²) in [5.74, 6) is 1.54. The molecular weight excluding hydrogens is 236 g/mol. The van der Waals surface area contributed by atoms with Crippen LogP contribution in [-0.2, 0) is 0 Å². The molecule has 0 heterocycles. The van der Waals surface area contributed by atoms with E-state index in [1.165, 1.54) is 24.0 Å². The molecule has 0 aromatic heterocycles. The molecule has 0 N–H and O–H groups in total. The monoisotopic (exact) mass is 252 g/mol. The second kappa shape index (κ2) is 4.06. The number of benzene rings is 1. The van der Waals surface area contributed by atoms with Gasteiger partial charge in [0.25, 0.3) is 0 Å². The maximum absolute atomic E-state index is 3.76. The highest BCUT2D eigenvalue weighted by Crippen LogP contribution is 2.42. The number of hydrogen-bond donors (Lipinski definition) is 0. The van der Waals surface area contributed by atoms with E-state index in [9.17, 15) is 0 Å². The van der Waals surface area contributed by atoms with Crippen LogP contribution in [0, 0.1) is 12.8 Å². The zero-order valence-corrected chi connectivity index (χ0v) is 10.4. The van der Waals surface area contributed by atoms with Gasteiger partial charge in [-0.3, -0.25) is 0 Å². The number of hydrogen-bond acceptors (Lipinski definition) is 0. The SMILES string of the molecule is Cc1ccc(C2CCC(Br)C2C)cc1. The Morgan fingerprint density at radius 3 is 2.29 bits per heavy atom. The Labute approximate surface area is 94.8 Å². The van der Waals surface area contributed by atoms with E-state index < -0.39 is 0 Å². The van der Waals surface area contributed by atoms with E-state index >= 15 is 0 Å². The van der Waals surface area contributed by atoms with Crippen molar-refractivity contribution in [1.82, 2.24) is 0 Å². The van der Waals surface area contributed by atoms with Gasteiger partial charge in [0.15, 0.2) is 0 Å². The third kappa shape index (κ3) is 1.88. The fourth-order valence-electron chi connectivity index (χ4n) is 2.40. The maximum Gasteiger partial charge on any atom is 0.0177 e. The van der Waals surface area contributed by atoms with Gasteiger partial charge in [0.05, 0.1) is 0 Å². The highest BCUT2D eigenvalue weighted by atomic mass is 79.9. The molecule has 0 bridgehead atoms. The largest absolute Gasteiger partial charge is 0.0888 e. The lowest BCUT2D eigenvalue weighted by molar-refractivity contribution is 0.544. The molecule has 0 aliphatic heterocycles. The minimum absolute atomic E-state index is 0.716. The van der Waals surface area contributed by atoms with E-state index in [1.807, 2.05) is 0 Å². The molecule has 1 aliphatic carbocycles. The van der Waals surface area contributed by atoms with Crippen LogP contribution in [0.25, 0.3) is 0 Å². The summed E-state index contributed by atoms with van der Waals surface area (Å²) < 4.78 is 0. The Kier molecular flexibility index (Phi) is 2.96. The van der Waals surface area contributed by atoms with Crippen LogP contribution in [-0.4, -0.2) is 4.83 Å². The first-order chi connectivity index (χ1) is 6.68. The third-order valence-electron chi connectivity index (χ3n) is 3.46. The van der Waals surface area contributed by atoms with E-state index in [1.54, 1.807) is 0 Å². The summed E-state index contributed by atoms with van der Waals surface area (Å²) in [6, 6.07) is 9.04. The molecule has 3 unspecified atom stereocenters. The Morgan fingerprint density at radius 2 is 1.79 bits per heavy atom. The fraction of sp³-hybridized carbons (Fsp3) is 0.538. The molecule has 1 aliphatic rings. The number of rotatable bonds is 1. The average molecular weight is 253 g/mol. The van der Waals surface area contributed by atoms with Crippen molar-refractivity contribution in [2.45, 2.75) is 37.4 Å². The van der Waals surface area contributed by atoms with Gasteiger partial charge in [-0.05, 0) is 37.2 Å². The Morgan fingerprint density at radius 1 is 1.14 bits per heavy atom. The van der Waals surface area contributed by atoms with E-state index in [0.29, 0.717) is 4.83 Å². The Hall–Kier alpha value is -0.300. The van der Waals surface area contributed by atoms with Gasteiger partial charge in [-0.25, -0.2) is 0 Å². The van der Waals surface area contributed by atoms with Gasteiger partial charge >= 0.3 is 0 Å². The van der Waals surface area contributed by atoms with Crippen molar-refractivity contribution < 1.29 is 0 Å². The van der Waals surface area contributed by atoms with E-state index in [2.05, 4.69) is 54.0 Å². The molecule has 76 valence electrons. The van der Waals surface area contributed by atoms with Crippen LogP contribution in [0.5, 0.6) is 0 Å². The summed E-state index contributed by atoms with van der Waals surface area (Å²) in [6.07, 6.45) is 2.65. The van der Waals surface area contributed by atoms with Crippen LogP contribution >= 0.6 is 15.9 Å². The summed E-state index contributed by atoms with van der Waals surface area (Å²) in [4.78, 5) is 0.716. The maximum atomic E-state index is 3.76. The fourth-order valence-corrected chi connectivity index (χ4v) is 3.03. The first kappa shape index (κ1) is 10.2. The summed E-state index contributed by atoms with van der Waals surface area (Å²) in [5, 5.41) is 0. The summed E-state index contributed by atoms with van der Waals surface area (Å²) >= 11 is 3.76. The van der Waals surface area contributed by atoms with Gasteiger partial charge < -0.3 is 0 Å². The smallest absolute Gasteiger partial charge is 0.0177 e.